The Morgan fingerprint density at radius 2 is 1.74 bits per heavy atom. The van der Waals surface area contributed by atoms with Crippen LogP contribution in [0.15, 0.2) is 24.3 Å². The molecule has 13 heteroatoms. The Bertz CT molecular complexity index is 1240. The van der Waals surface area contributed by atoms with Crippen molar-refractivity contribution >= 4 is 27.4 Å². The first kappa shape index (κ1) is 29.3. The van der Waals surface area contributed by atoms with Gasteiger partial charge in [0.15, 0.2) is 0 Å². The maximum Gasteiger partial charge on any atom is 0.433 e. The molecule has 0 radical (unpaired) electrons. The molecule has 3 rings (SSSR count). The van der Waals surface area contributed by atoms with E-state index in [0.717, 1.165) is 25.2 Å². The lowest BCUT2D eigenvalue weighted by Crippen LogP contribution is -2.35. The van der Waals surface area contributed by atoms with E-state index in [4.69, 9.17) is 9.47 Å². The van der Waals surface area contributed by atoms with Gasteiger partial charge >= 0.3 is 6.18 Å². The zero-order valence-corrected chi connectivity index (χ0v) is 22.8. The molecular formula is C25H33F3N4O5S. The standard InChI is InChI=1S/C25H33F3N4O5S/c1-15-8-10-32(11-9-15)23-17(6-7-21(30-23)25(26,27)28)14-29-24(33)16(2)18-12-19(36-3)22(20(13-18)37-4)31-38(5,34)35/h6-7,12-13,15-16,31H,8-11,14H2,1-5H3,(H,29,33). The van der Waals surface area contributed by atoms with Gasteiger partial charge in [0.25, 0.3) is 0 Å². The third-order valence-electron chi connectivity index (χ3n) is 6.49. The molecule has 38 heavy (non-hydrogen) atoms. The Hall–Kier alpha value is -3.22. The maximum absolute atomic E-state index is 13.4. The molecule has 1 amide bonds. The third-order valence-corrected chi connectivity index (χ3v) is 7.07. The molecular weight excluding hydrogens is 525 g/mol. The molecule has 1 unspecified atom stereocenters. The molecule has 9 nitrogen and oxygen atoms in total. The maximum atomic E-state index is 13.4. The molecule has 1 atom stereocenters. The van der Waals surface area contributed by atoms with Gasteiger partial charge in [0.2, 0.25) is 15.9 Å². The second kappa shape index (κ2) is 11.7. The van der Waals surface area contributed by atoms with Gasteiger partial charge in [0.05, 0.1) is 26.4 Å². The molecule has 2 heterocycles. The zero-order valence-electron chi connectivity index (χ0n) is 22.0. The number of carbonyl (C=O) groups is 1. The molecule has 1 aliphatic heterocycles. The van der Waals surface area contributed by atoms with E-state index in [1.54, 1.807) is 6.92 Å². The Morgan fingerprint density at radius 1 is 1.16 bits per heavy atom. The van der Waals surface area contributed by atoms with Crippen LogP contribution in [0.25, 0.3) is 0 Å². The van der Waals surface area contributed by atoms with Crippen LogP contribution in [0.3, 0.4) is 0 Å². The second-order valence-corrected chi connectivity index (χ2v) is 11.2. The van der Waals surface area contributed by atoms with Crippen LogP contribution in [0.4, 0.5) is 24.7 Å². The van der Waals surface area contributed by atoms with E-state index in [-0.39, 0.29) is 29.5 Å². The van der Waals surface area contributed by atoms with Crippen LogP contribution < -0.4 is 24.4 Å². The molecule has 2 aromatic rings. The highest BCUT2D eigenvalue weighted by atomic mass is 32.2. The zero-order chi connectivity index (χ0) is 28.3. The summed E-state index contributed by atoms with van der Waals surface area (Å²) in [6.07, 6.45) is -1.90. The van der Waals surface area contributed by atoms with E-state index in [2.05, 4.69) is 21.9 Å². The van der Waals surface area contributed by atoms with Crippen molar-refractivity contribution < 1.29 is 35.9 Å². The number of hydrogen-bond donors (Lipinski definition) is 2. The van der Waals surface area contributed by atoms with E-state index in [1.165, 1.54) is 32.4 Å². The summed E-state index contributed by atoms with van der Waals surface area (Å²) in [6.45, 7) is 4.90. The van der Waals surface area contributed by atoms with Crippen LogP contribution >= 0.6 is 0 Å². The topological polar surface area (TPSA) is 110 Å². The van der Waals surface area contributed by atoms with Gasteiger partial charge in [-0.25, -0.2) is 13.4 Å². The number of pyridine rings is 1. The van der Waals surface area contributed by atoms with Crippen molar-refractivity contribution in [3.8, 4) is 11.5 Å². The molecule has 2 N–H and O–H groups in total. The number of carbonyl (C=O) groups excluding carboxylic acids is 1. The minimum absolute atomic E-state index is 0.0162. The minimum atomic E-state index is -4.58. The van der Waals surface area contributed by atoms with Crippen molar-refractivity contribution in [2.45, 2.75) is 45.3 Å². The van der Waals surface area contributed by atoms with Crippen LogP contribution in [-0.2, 0) is 27.5 Å². The van der Waals surface area contributed by atoms with E-state index in [1.807, 2.05) is 4.90 Å². The second-order valence-electron chi connectivity index (χ2n) is 9.46. The van der Waals surface area contributed by atoms with Crippen molar-refractivity contribution in [2.75, 3.05) is 43.2 Å². The Balaban J connectivity index is 1.84. The Labute approximate surface area is 220 Å². The van der Waals surface area contributed by atoms with Gasteiger partial charge in [-0.2, -0.15) is 13.2 Å². The lowest BCUT2D eigenvalue weighted by Gasteiger charge is -2.33. The van der Waals surface area contributed by atoms with Gasteiger partial charge in [0.1, 0.15) is 28.7 Å². The summed E-state index contributed by atoms with van der Waals surface area (Å²) in [7, 11) is -0.913. The van der Waals surface area contributed by atoms with Crippen molar-refractivity contribution in [2.24, 2.45) is 5.92 Å². The molecule has 0 bridgehead atoms. The van der Waals surface area contributed by atoms with Gasteiger partial charge in [-0.3, -0.25) is 9.52 Å². The first-order valence-corrected chi connectivity index (χ1v) is 14.0. The number of methoxy groups -OCH3 is 2. The van der Waals surface area contributed by atoms with Gasteiger partial charge in [0, 0.05) is 25.2 Å². The lowest BCUT2D eigenvalue weighted by molar-refractivity contribution is -0.141. The van der Waals surface area contributed by atoms with E-state index in [9.17, 15) is 26.4 Å². The number of hydrogen-bond acceptors (Lipinski definition) is 7. The normalized spacial score (nSPS) is 15.6. The summed E-state index contributed by atoms with van der Waals surface area (Å²) < 4.78 is 76.6. The van der Waals surface area contributed by atoms with Crippen molar-refractivity contribution in [1.29, 1.82) is 0 Å². The molecule has 0 spiro atoms. The monoisotopic (exact) mass is 558 g/mol. The fourth-order valence-corrected chi connectivity index (χ4v) is 4.79. The van der Waals surface area contributed by atoms with Crippen molar-refractivity contribution in [1.82, 2.24) is 10.3 Å². The first-order valence-electron chi connectivity index (χ1n) is 12.1. The molecule has 1 fully saturated rings. The number of aromatic nitrogens is 1. The van der Waals surface area contributed by atoms with Crippen LogP contribution in [0.2, 0.25) is 0 Å². The Morgan fingerprint density at radius 3 is 2.24 bits per heavy atom. The number of halogens is 3. The average molecular weight is 559 g/mol. The number of piperidine rings is 1. The summed E-state index contributed by atoms with van der Waals surface area (Å²) in [6, 6.07) is 5.33. The molecule has 0 saturated carbocycles. The molecule has 0 aliphatic carbocycles. The fourth-order valence-electron chi connectivity index (χ4n) is 4.22. The summed E-state index contributed by atoms with van der Waals surface area (Å²) in [5.74, 6) is -0.0768. The number of nitrogens with one attached hydrogen (secondary N) is 2. The van der Waals surface area contributed by atoms with E-state index < -0.39 is 33.7 Å². The number of amides is 1. The SMILES string of the molecule is COc1cc(C(C)C(=O)NCc2ccc(C(F)(F)F)nc2N2CCC(C)CC2)cc(OC)c1NS(C)(=O)=O. The molecule has 210 valence electrons. The summed E-state index contributed by atoms with van der Waals surface area (Å²) in [5.41, 5.74) is 0.101. The number of benzene rings is 1. The van der Waals surface area contributed by atoms with Gasteiger partial charge in [-0.15, -0.1) is 0 Å². The summed E-state index contributed by atoms with van der Waals surface area (Å²) >= 11 is 0. The predicted octanol–water partition coefficient (Wildman–Crippen LogP) is 4.15. The highest BCUT2D eigenvalue weighted by Crippen LogP contribution is 2.39. The smallest absolute Gasteiger partial charge is 0.433 e. The third kappa shape index (κ3) is 7.21. The number of anilines is 2. The molecule has 1 saturated heterocycles. The number of ether oxygens (including phenoxy) is 2. The highest BCUT2D eigenvalue weighted by molar-refractivity contribution is 7.92. The van der Waals surface area contributed by atoms with E-state index in [0.29, 0.717) is 30.1 Å². The van der Waals surface area contributed by atoms with Crippen LogP contribution in [-0.4, -0.2) is 52.9 Å². The summed E-state index contributed by atoms with van der Waals surface area (Å²) in [4.78, 5) is 18.8. The van der Waals surface area contributed by atoms with Crippen molar-refractivity contribution in [3.63, 3.8) is 0 Å². The largest absolute Gasteiger partial charge is 0.494 e. The van der Waals surface area contributed by atoms with Crippen LogP contribution in [0.5, 0.6) is 11.5 Å². The number of alkyl halides is 3. The summed E-state index contributed by atoms with van der Waals surface area (Å²) in [5, 5.41) is 2.79. The van der Waals surface area contributed by atoms with Crippen LogP contribution in [0, 0.1) is 5.92 Å². The van der Waals surface area contributed by atoms with Crippen LogP contribution in [0.1, 0.15) is 49.4 Å². The van der Waals surface area contributed by atoms with E-state index >= 15 is 0 Å². The lowest BCUT2D eigenvalue weighted by atomic mass is 9.98. The van der Waals surface area contributed by atoms with Gasteiger partial charge in [-0.05, 0) is 49.4 Å². The fraction of sp³-hybridized carbons (Fsp3) is 0.520. The molecule has 1 aromatic heterocycles. The number of sulfonamides is 1. The Kier molecular flexibility index (Phi) is 9.01. The van der Waals surface area contributed by atoms with Crippen molar-refractivity contribution in [3.05, 3.63) is 41.1 Å². The minimum Gasteiger partial charge on any atom is -0.494 e. The van der Waals surface area contributed by atoms with Gasteiger partial charge < -0.3 is 19.7 Å². The molecule has 1 aliphatic rings. The number of nitrogens with zero attached hydrogens (tertiary/aromatic N) is 2. The van der Waals surface area contributed by atoms with Gasteiger partial charge in [-0.1, -0.05) is 13.0 Å². The molecule has 1 aromatic carbocycles. The average Bonchev–Trinajstić information content (AvgIpc) is 2.85. The first-order chi connectivity index (χ1) is 17.7. The highest BCUT2D eigenvalue weighted by Gasteiger charge is 2.34. The predicted molar refractivity (Wildman–Crippen MR) is 138 cm³/mol. The quantitative estimate of drug-likeness (QED) is 0.476. The number of rotatable bonds is 9.